The molecule has 1 aliphatic rings. The zero-order chi connectivity index (χ0) is 15.2. The van der Waals surface area contributed by atoms with Crippen LogP contribution in [-0.2, 0) is 9.59 Å². The average molecular weight is 290 g/mol. The number of aliphatic hydroxyl groups excluding tert-OH is 1. The van der Waals surface area contributed by atoms with Gasteiger partial charge in [0.15, 0.2) is 6.10 Å². The normalized spacial score (nSPS) is 19.9. The molecule has 0 radical (unpaired) electrons. The first-order valence-electron chi connectivity index (χ1n) is 7.43. The van der Waals surface area contributed by atoms with Gasteiger partial charge in [-0.2, -0.15) is 0 Å². The molecule has 1 saturated heterocycles. The summed E-state index contributed by atoms with van der Waals surface area (Å²) in [5.74, 6) is -0.509. The zero-order valence-corrected chi connectivity index (χ0v) is 12.3. The number of amides is 2. The summed E-state index contributed by atoms with van der Waals surface area (Å²) in [7, 11) is 0. The third kappa shape index (κ3) is 3.82. The van der Waals surface area contributed by atoms with Gasteiger partial charge in [0.05, 0.1) is 5.92 Å². The molecule has 2 atom stereocenters. The molecule has 5 heteroatoms. The van der Waals surface area contributed by atoms with Gasteiger partial charge < -0.3 is 15.3 Å². The van der Waals surface area contributed by atoms with E-state index < -0.39 is 6.10 Å². The summed E-state index contributed by atoms with van der Waals surface area (Å²) >= 11 is 0. The highest BCUT2D eigenvalue weighted by Gasteiger charge is 2.31. The van der Waals surface area contributed by atoms with Gasteiger partial charge in [0.2, 0.25) is 5.91 Å². The molecule has 0 spiro atoms. The molecule has 2 amide bonds. The number of aliphatic hydroxyl groups is 1. The summed E-state index contributed by atoms with van der Waals surface area (Å²) in [6.45, 7) is 3.45. The maximum atomic E-state index is 12.4. The lowest BCUT2D eigenvalue weighted by atomic mass is 9.96. The van der Waals surface area contributed by atoms with E-state index in [0.717, 1.165) is 12.8 Å². The van der Waals surface area contributed by atoms with E-state index in [1.807, 2.05) is 13.0 Å². The van der Waals surface area contributed by atoms with E-state index >= 15 is 0 Å². The molecule has 1 heterocycles. The summed E-state index contributed by atoms with van der Waals surface area (Å²) in [6.07, 6.45) is 0.422. The Hall–Kier alpha value is -1.88. The molecule has 114 valence electrons. The molecule has 2 unspecified atom stereocenters. The van der Waals surface area contributed by atoms with Crippen LogP contribution in [0.4, 0.5) is 0 Å². The SMILES string of the molecule is CCNC(=O)C1CCCN(C(=O)C(O)c2ccccc2)C1. The smallest absolute Gasteiger partial charge is 0.256 e. The lowest BCUT2D eigenvalue weighted by molar-refractivity contribution is -0.143. The Bertz CT molecular complexity index is 490. The zero-order valence-electron chi connectivity index (χ0n) is 12.3. The summed E-state index contributed by atoms with van der Waals surface area (Å²) in [5, 5.41) is 13.0. The van der Waals surface area contributed by atoms with Gasteiger partial charge in [0.25, 0.3) is 5.91 Å². The van der Waals surface area contributed by atoms with Crippen LogP contribution in [0, 0.1) is 5.92 Å². The summed E-state index contributed by atoms with van der Waals surface area (Å²) in [4.78, 5) is 25.9. The molecular weight excluding hydrogens is 268 g/mol. The Labute approximate surface area is 125 Å². The van der Waals surface area contributed by atoms with Crippen LogP contribution in [-0.4, -0.2) is 41.5 Å². The number of likely N-dealkylation sites (tertiary alicyclic amines) is 1. The minimum atomic E-state index is -1.15. The fourth-order valence-corrected chi connectivity index (χ4v) is 2.66. The van der Waals surface area contributed by atoms with Gasteiger partial charge in [0, 0.05) is 19.6 Å². The average Bonchev–Trinajstić information content (AvgIpc) is 2.54. The van der Waals surface area contributed by atoms with Crippen molar-refractivity contribution in [1.82, 2.24) is 10.2 Å². The molecule has 1 aromatic rings. The largest absolute Gasteiger partial charge is 0.378 e. The van der Waals surface area contributed by atoms with Crippen molar-refractivity contribution in [1.29, 1.82) is 0 Å². The number of carbonyl (C=O) groups is 2. The van der Waals surface area contributed by atoms with Crippen molar-refractivity contribution in [2.45, 2.75) is 25.9 Å². The molecule has 0 saturated carbocycles. The van der Waals surface area contributed by atoms with E-state index in [1.54, 1.807) is 29.2 Å². The van der Waals surface area contributed by atoms with E-state index in [2.05, 4.69) is 5.32 Å². The Balaban J connectivity index is 2.00. The quantitative estimate of drug-likeness (QED) is 0.872. The molecule has 1 aromatic carbocycles. The van der Waals surface area contributed by atoms with Crippen LogP contribution in [0.15, 0.2) is 30.3 Å². The summed E-state index contributed by atoms with van der Waals surface area (Å²) < 4.78 is 0. The number of hydrogen-bond acceptors (Lipinski definition) is 3. The molecule has 5 nitrogen and oxygen atoms in total. The maximum Gasteiger partial charge on any atom is 0.256 e. The van der Waals surface area contributed by atoms with Crippen LogP contribution in [0.25, 0.3) is 0 Å². The number of piperidine rings is 1. The van der Waals surface area contributed by atoms with Crippen molar-refractivity contribution in [3.05, 3.63) is 35.9 Å². The predicted molar refractivity (Wildman–Crippen MR) is 79.4 cm³/mol. The van der Waals surface area contributed by atoms with E-state index in [1.165, 1.54) is 0 Å². The van der Waals surface area contributed by atoms with E-state index in [9.17, 15) is 14.7 Å². The van der Waals surface area contributed by atoms with Crippen molar-refractivity contribution in [2.24, 2.45) is 5.92 Å². The molecule has 0 bridgehead atoms. The molecule has 21 heavy (non-hydrogen) atoms. The molecule has 1 fully saturated rings. The van der Waals surface area contributed by atoms with Crippen LogP contribution in [0.2, 0.25) is 0 Å². The third-order valence-electron chi connectivity index (χ3n) is 3.80. The first-order chi connectivity index (χ1) is 10.1. The van der Waals surface area contributed by atoms with Gasteiger partial charge >= 0.3 is 0 Å². The van der Waals surface area contributed by atoms with Gasteiger partial charge in [-0.15, -0.1) is 0 Å². The van der Waals surface area contributed by atoms with Crippen LogP contribution in [0.5, 0.6) is 0 Å². The molecule has 1 aliphatic heterocycles. The number of benzene rings is 1. The molecule has 0 aliphatic carbocycles. The van der Waals surface area contributed by atoms with Gasteiger partial charge in [-0.1, -0.05) is 30.3 Å². The van der Waals surface area contributed by atoms with Crippen LogP contribution >= 0.6 is 0 Å². The van der Waals surface area contributed by atoms with Gasteiger partial charge in [-0.25, -0.2) is 0 Å². The van der Waals surface area contributed by atoms with E-state index in [-0.39, 0.29) is 17.7 Å². The number of nitrogens with one attached hydrogen (secondary N) is 1. The molecule has 0 aromatic heterocycles. The Kier molecular flexibility index (Phi) is 5.33. The van der Waals surface area contributed by atoms with E-state index in [4.69, 9.17) is 0 Å². The minimum absolute atomic E-state index is 0.01000. The minimum Gasteiger partial charge on any atom is -0.378 e. The number of rotatable bonds is 4. The first-order valence-corrected chi connectivity index (χ1v) is 7.43. The van der Waals surface area contributed by atoms with Crippen molar-refractivity contribution < 1.29 is 14.7 Å². The number of carbonyl (C=O) groups excluding carboxylic acids is 2. The highest BCUT2D eigenvalue weighted by atomic mass is 16.3. The molecule has 2 rings (SSSR count). The topological polar surface area (TPSA) is 69.6 Å². The lowest BCUT2D eigenvalue weighted by Crippen LogP contribution is -2.46. The van der Waals surface area contributed by atoms with E-state index in [0.29, 0.717) is 25.2 Å². The molecular formula is C16H22N2O3. The maximum absolute atomic E-state index is 12.4. The second-order valence-corrected chi connectivity index (χ2v) is 5.33. The highest BCUT2D eigenvalue weighted by molar-refractivity contribution is 5.84. The van der Waals surface area contributed by atoms with Crippen molar-refractivity contribution >= 4 is 11.8 Å². The fourth-order valence-electron chi connectivity index (χ4n) is 2.66. The monoisotopic (exact) mass is 290 g/mol. The standard InChI is InChI=1S/C16H22N2O3/c1-2-17-15(20)13-9-6-10-18(11-13)16(21)14(19)12-7-4-3-5-8-12/h3-5,7-8,13-14,19H,2,6,9-11H2,1H3,(H,17,20). The second kappa shape index (κ2) is 7.22. The number of nitrogens with zero attached hydrogens (tertiary/aromatic N) is 1. The Morgan fingerprint density at radius 1 is 1.38 bits per heavy atom. The van der Waals surface area contributed by atoms with Gasteiger partial charge in [-0.3, -0.25) is 9.59 Å². The second-order valence-electron chi connectivity index (χ2n) is 5.33. The van der Waals surface area contributed by atoms with Crippen LogP contribution < -0.4 is 5.32 Å². The fraction of sp³-hybridized carbons (Fsp3) is 0.500. The van der Waals surface area contributed by atoms with Crippen LogP contribution in [0.1, 0.15) is 31.4 Å². The highest BCUT2D eigenvalue weighted by Crippen LogP contribution is 2.21. The van der Waals surface area contributed by atoms with Crippen molar-refractivity contribution in [3.63, 3.8) is 0 Å². The lowest BCUT2D eigenvalue weighted by Gasteiger charge is -2.33. The Morgan fingerprint density at radius 2 is 2.10 bits per heavy atom. The van der Waals surface area contributed by atoms with Crippen molar-refractivity contribution in [3.8, 4) is 0 Å². The first kappa shape index (κ1) is 15.5. The third-order valence-corrected chi connectivity index (χ3v) is 3.80. The predicted octanol–water partition coefficient (Wildman–Crippen LogP) is 1.09. The number of hydrogen-bond donors (Lipinski definition) is 2. The Morgan fingerprint density at radius 3 is 2.76 bits per heavy atom. The summed E-state index contributed by atoms with van der Waals surface area (Å²) in [6, 6.07) is 8.88. The van der Waals surface area contributed by atoms with Gasteiger partial charge in [-0.05, 0) is 25.3 Å². The van der Waals surface area contributed by atoms with Crippen LogP contribution in [0.3, 0.4) is 0 Å². The molecule has 2 N–H and O–H groups in total. The van der Waals surface area contributed by atoms with Crippen molar-refractivity contribution in [2.75, 3.05) is 19.6 Å². The summed E-state index contributed by atoms with van der Waals surface area (Å²) in [5.41, 5.74) is 0.586. The van der Waals surface area contributed by atoms with Gasteiger partial charge in [0.1, 0.15) is 0 Å².